The summed E-state index contributed by atoms with van der Waals surface area (Å²) in [6.45, 7) is 0. The Hall–Kier alpha value is -1.24. The Morgan fingerprint density at radius 2 is 2.12 bits per heavy atom. The van der Waals surface area contributed by atoms with E-state index in [2.05, 4.69) is 11.4 Å². The van der Waals surface area contributed by atoms with Gasteiger partial charge in [0.15, 0.2) is 0 Å². The molecule has 1 N–H and O–H groups in total. The molecule has 5 heteroatoms. The third-order valence-electron chi connectivity index (χ3n) is 2.97. The average molecular weight is 269 g/mol. The fourth-order valence-electron chi connectivity index (χ4n) is 1.76. The van der Waals surface area contributed by atoms with E-state index in [-0.39, 0.29) is 10.9 Å². The van der Waals surface area contributed by atoms with Crippen LogP contribution >= 0.6 is 23.2 Å². The Bertz CT molecular complexity index is 504. The third-order valence-corrected chi connectivity index (χ3v) is 3.79. The number of nitrogens with one attached hydrogen (secondary N) is 1. The lowest BCUT2D eigenvalue weighted by Crippen LogP contribution is -2.52. The van der Waals surface area contributed by atoms with Crippen molar-refractivity contribution in [3.8, 4) is 6.07 Å². The molecular formula is C12H10Cl2N2O. The maximum Gasteiger partial charge on any atom is 0.254 e. The molecule has 2 rings (SSSR count). The van der Waals surface area contributed by atoms with Gasteiger partial charge < -0.3 is 5.32 Å². The number of benzene rings is 1. The van der Waals surface area contributed by atoms with E-state index < -0.39 is 5.54 Å². The maximum absolute atomic E-state index is 12.0. The summed E-state index contributed by atoms with van der Waals surface area (Å²) in [4.78, 5) is 12.0. The van der Waals surface area contributed by atoms with Crippen LogP contribution in [-0.4, -0.2) is 11.4 Å². The van der Waals surface area contributed by atoms with E-state index in [0.717, 1.165) is 6.42 Å². The topological polar surface area (TPSA) is 52.9 Å². The van der Waals surface area contributed by atoms with Crippen molar-refractivity contribution < 1.29 is 4.79 Å². The van der Waals surface area contributed by atoms with E-state index in [1.165, 1.54) is 0 Å². The molecule has 0 radical (unpaired) electrons. The van der Waals surface area contributed by atoms with Crippen LogP contribution in [0.3, 0.4) is 0 Å². The predicted molar refractivity (Wildman–Crippen MR) is 66.1 cm³/mol. The summed E-state index contributed by atoms with van der Waals surface area (Å²) in [5, 5.41) is 12.3. The molecule has 1 aromatic rings. The van der Waals surface area contributed by atoms with Crippen LogP contribution in [0.25, 0.3) is 0 Å². The Balaban J connectivity index is 2.21. The smallest absolute Gasteiger partial charge is 0.254 e. The van der Waals surface area contributed by atoms with Gasteiger partial charge in [0.25, 0.3) is 5.91 Å². The summed E-state index contributed by atoms with van der Waals surface area (Å²) in [7, 11) is 0. The van der Waals surface area contributed by atoms with Crippen molar-refractivity contribution in [2.45, 2.75) is 24.8 Å². The first-order valence-electron chi connectivity index (χ1n) is 5.26. The molecule has 1 saturated carbocycles. The van der Waals surface area contributed by atoms with E-state index in [1.54, 1.807) is 18.2 Å². The number of nitriles is 1. The summed E-state index contributed by atoms with van der Waals surface area (Å²) < 4.78 is 0. The molecule has 1 aliphatic carbocycles. The van der Waals surface area contributed by atoms with E-state index in [1.807, 2.05) is 0 Å². The fraction of sp³-hybridized carbons (Fsp3) is 0.333. The van der Waals surface area contributed by atoms with Crippen LogP contribution in [0, 0.1) is 11.3 Å². The molecule has 1 amide bonds. The first kappa shape index (κ1) is 12.2. The first-order chi connectivity index (χ1) is 8.08. The predicted octanol–water partition coefficient (Wildman–Crippen LogP) is 3.17. The molecule has 17 heavy (non-hydrogen) atoms. The molecule has 0 unspecified atom stereocenters. The standard InChI is InChI=1S/C12H10Cl2N2O/c13-9-4-1-3-8(10(9)14)11(17)16-12(7-15)5-2-6-12/h1,3-4H,2,5-6H2,(H,16,17). The summed E-state index contributed by atoms with van der Waals surface area (Å²) in [6, 6.07) is 7.00. The highest BCUT2D eigenvalue weighted by atomic mass is 35.5. The van der Waals surface area contributed by atoms with E-state index in [4.69, 9.17) is 28.5 Å². The van der Waals surface area contributed by atoms with Gasteiger partial charge in [0.05, 0.1) is 21.7 Å². The third kappa shape index (κ3) is 2.24. The molecule has 0 spiro atoms. The molecule has 0 aliphatic heterocycles. The van der Waals surface area contributed by atoms with Gasteiger partial charge in [0.2, 0.25) is 0 Å². The Kier molecular flexibility index (Phi) is 3.28. The van der Waals surface area contributed by atoms with Crippen LogP contribution in [0.2, 0.25) is 10.0 Å². The van der Waals surface area contributed by atoms with Crippen LogP contribution in [0.5, 0.6) is 0 Å². The van der Waals surface area contributed by atoms with Gasteiger partial charge in [-0.25, -0.2) is 0 Å². The lowest BCUT2D eigenvalue weighted by molar-refractivity contribution is 0.0881. The molecule has 0 atom stereocenters. The number of hydrogen-bond donors (Lipinski definition) is 1. The SMILES string of the molecule is N#CC1(NC(=O)c2cccc(Cl)c2Cl)CCC1. The molecule has 3 nitrogen and oxygen atoms in total. The van der Waals surface area contributed by atoms with Gasteiger partial charge in [0.1, 0.15) is 5.54 Å². The highest BCUT2D eigenvalue weighted by molar-refractivity contribution is 6.43. The van der Waals surface area contributed by atoms with E-state index >= 15 is 0 Å². The molecule has 88 valence electrons. The molecule has 1 fully saturated rings. The molecular weight excluding hydrogens is 259 g/mol. The molecule has 0 saturated heterocycles. The van der Waals surface area contributed by atoms with Gasteiger partial charge >= 0.3 is 0 Å². The maximum atomic E-state index is 12.0. The summed E-state index contributed by atoms with van der Waals surface area (Å²) in [6.07, 6.45) is 2.33. The number of rotatable bonds is 2. The monoisotopic (exact) mass is 268 g/mol. The van der Waals surface area contributed by atoms with Gasteiger partial charge in [-0.3, -0.25) is 4.79 Å². The van der Waals surface area contributed by atoms with E-state index in [9.17, 15) is 4.79 Å². The minimum absolute atomic E-state index is 0.221. The molecule has 0 aromatic heterocycles. The number of halogens is 2. The molecule has 1 aliphatic rings. The van der Waals surface area contributed by atoms with E-state index in [0.29, 0.717) is 23.4 Å². The number of hydrogen-bond acceptors (Lipinski definition) is 2. The van der Waals surface area contributed by atoms with Crippen molar-refractivity contribution in [2.24, 2.45) is 0 Å². The summed E-state index contributed by atoms with van der Waals surface area (Å²) >= 11 is 11.8. The van der Waals surface area contributed by atoms with Gasteiger partial charge in [-0.1, -0.05) is 29.3 Å². The summed E-state index contributed by atoms with van der Waals surface area (Å²) in [5.74, 6) is -0.348. The molecule has 1 aromatic carbocycles. The van der Waals surface area contributed by atoms with Crippen LogP contribution < -0.4 is 5.32 Å². The zero-order valence-electron chi connectivity index (χ0n) is 8.96. The minimum atomic E-state index is -0.720. The van der Waals surface area contributed by atoms with Crippen LogP contribution in [0.4, 0.5) is 0 Å². The Morgan fingerprint density at radius 1 is 1.41 bits per heavy atom. The van der Waals surface area contributed by atoms with Gasteiger partial charge in [-0.2, -0.15) is 5.26 Å². The second kappa shape index (κ2) is 4.56. The number of carbonyl (C=O) groups excluding carboxylic acids is 1. The highest BCUT2D eigenvalue weighted by Gasteiger charge is 2.39. The minimum Gasteiger partial charge on any atom is -0.334 e. The largest absolute Gasteiger partial charge is 0.334 e. The number of amides is 1. The van der Waals surface area contributed by atoms with Crippen molar-refractivity contribution in [2.75, 3.05) is 0 Å². The van der Waals surface area contributed by atoms with Gasteiger partial charge in [-0.15, -0.1) is 0 Å². The van der Waals surface area contributed by atoms with Gasteiger partial charge in [-0.05, 0) is 31.4 Å². The van der Waals surface area contributed by atoms with Crippen molar-refractivity contribution in [3.05, 3.63) is 33.8 Å². The van der Waals surface area contributed by atoms with Crippen molar-refractivity contribution in [1.82, 2.24) is 5.32 Å². The number of nitrogens with zero attached hydrogens (tertiary/aromatic N) is 1. The second-order valence-corrected chi connectivity index (χ2v) is 4.89. The van der Waals surface area contributed by atoms with Crippen molar-refractivity contribution in [1.29, 1.82) is 5.26 Å². The van der Waals surface area contributed by atoms with Crippen LogP contribution in [0.1, 0.15) is 29.6 Å². The lowest BCUT2D eigenvalue weighted by atomic mass is 9.78. The Labute approximate surface area is 109 Å². The van der Waals surface area contributed by atoms with Gasteiger partial charge in [0, 0.05) is 0 Å². The lowest BCUT2D eigenvalue weighted by Gasteiger charge is -2.35. The zero-order valence-corrected chi connectivity index (χ0v) is 10.5. The average Bonchev–Trinajstić information content (AvgIpc) is 2.27. The van der Waals surface area contributed by atoms with Crippen LogP contribution in [0.15, 0.2) is 18.2 Å². The second-order valence-electron chi connectivity index (χ2n) is 4.10. The quantitative estimate of drug-likeness (QED) is 0.896. The molecule has 0 heterocycles. The van der Waals surface area contributed by atoms with Crippen molar-refractivity contribution >= 4 is 29.1 Å². The van der Waals surface area contributed by atoms with Crippen LogP contribution in [-0.2, 0) is 0 Å². The first-order valence-corrected chi connectivity index (χ1v) is 6.01. The number of carbonyl (C=O) groups is 1. The zero-order chi connectivity index (χ0) is 12.5. The molecule has 0 bridgehead atoms. The fourth-order valence-corrected chi connectivity index (χ4v) is 2.15. The highest BCUT2D eigenvalue weighted by Crippen LogP contribution is 2.32. The Morgan fingerprint density at radius 3 is 2.65 bits per heavy atom. The summed E-state index contributed by atoms with van der Waals surface area (Å²) in [5.41, 5.74) is -0.413. The normalized spacial score (nSPS) is 16.8. The van der Waals surface area contributed by atoms with Crippen molar-refractivity contribution in [3.63, 3.8) is 0 Å².